The van der Waals surface area contributed by atoms with E-state index in [1.807, 2.05) is 0 Å². The lowest BCUT2D eigenvalue weighted by Gasteiger charge is -2.27. The third-order valence-corrected chi connectivity index (χ3v) is 3.66. The highest BCUT2D eigenvalue weighted by Crippen LogP contribution is 2.35. The molecule has 2 heterocycles. The average Bonchev–Trinajstić information content (AvgIpc) is 2.71. The molecule has 0 aliphatic carbocycles. The van der Waals surface area contributed by atoms with Gasteiger partial charge in [0.25, 0.3) is 5.56 Å². The van der Waals surface area contributed by atoms with E-state index in [2.05, 4.69) is 27.5 Å². The van der Waals surface area contributed by atoms with E-state index in [1.165, 1.54) is 12.3 Å². The van der Waals surface area contributed by atoms with Gasteiger partial charge in [0, 0.05) is 12.6 Å². The topological polar surface area (TPSA) is 105 Å². The van der Waals surface area contributed by atoms with Gasteiger partial charge in [0.2, 0.25) is 0 Å². The van der Waals surface area contributed by atoms with Gasteiger partial charge in [0.15, 0.2) is 5.72 Å². The van der Waals surface area contributed by atoms with Crippen LogP contribution in [0.5, 0.6) is 0 Å². The summed E-state index contributed by atoms with van der Waals surface area (Å²) in [6.45, 7) is 3.22. The minimum Gasteiger partial charge on any atom is -0.394 e. The first-order valence-corrected chi connectivity index (χ1v) is 6.35. The normalized spacial score (nSPS) is 30.5. The molecule has 7 nitrogen and oxygen atoms in total. The molecule has 1 aliphatic rings. The lowest BCUT2D eigenvalue weighted by atomic mass is 10.1. The van der Waals surface area contributed by atoms with Crippen LogP contribution < -0.4 is 11.2 Å². The second-order valence-corrected chi connectivity index (χ2v) is 5.12. The van der Waals surface area contributed by atoms with Crippen LogP contribution in [0, 0.1) is 0 Å². The van der Waals surface area contributed by atoms with Gasteiger partial charge >= 0.3 is 5.69 Å². The van der Waals surface area contributed by atoms with Gasteiger partial charge in [-0.05, 0) is 22.0 Å². The summed E-state index contributed by atoms with van der Waals surface area (Å²) in [5, 5.41) is 18.9. The molecule has 0 radical (unpaired) electrons. The summed E-state index contributed by atoms with van der Waals surface area (Å²) in [4.78, 5) is 25.3. The maximum Gasteiger partial charge on any atom is 0.330 e. The zero-order valence-corrected chi connectivity index (χ0v) is 11.5. The molecular weight excluding hydrogens is 320 g/mol. The molecule has 19 heavy (non-hydrogen) atoms. The van der Waals surface area contributed by atoms with Crippen LogP contribution in [0.25, 0.3) is 0 Å². The Morgan fingerprint density at radius 3 is 2.89 bits per heavy atom. The smallest absolute Gasteiger partial charge is 0.330 e. The Balaban J connectivity index is 2.55. The number of H-pyrrole nitrogens is 1. The summed E-state index contributed by atoms with van der Waals surface area (Å²) >= 11 is 3.02. The Morgan fingerprint density at radius 2 is 2.37 bits per heavy atom. The summed E-state index contributed by atoms with van der Waals surface area (Å²) in [5.74, 6) is 0. The highest BCUT2D eigenvalue weighted by Gasteiger charge is 2.45. The Labute approximate surface area is 116 Å². The van der Waals surface area contributed by atoms with Gasteiger partial charge in [-0.15, -0.1) is 0 Å². The number of halogens is 1. The maximum atomic E-state index is 11.9. The predicted octanol–water partition coefficient (Wildman–Crippen LogP) is -0.720. The number of aliphatic hydroxyl groups is 2. The van der Waals surface area contributed by atoms with E-state index in [4.69, 9.17) is 9.84 Å². The van der Waals surface area contributed by atoms with Crippen LogP contribution in [0.15, 0.2) is 32.9 Å². The molecule has 3 atom stereocenters. The van der Waals surface area contributed by atoms with E-state index in [0.717, 1.165) is 4.57 Å². The summed E-state index contributed by atoms with van der Waals surface area (Å²) < 4.78 is 6.80. The number of nitrogens with zero attached hydrogens (tertiary/aromatic N) is 1. The molecular formula is C11H13BrN2O5. The number of rotatable bonds is 3. The monoisotopic (exact) mass is 332 g/mol. The zero-order chi connectivity index (χ0) is 14.2. The van der Waals surface area contributed by atoms with Gasteiger partial charge in [-0.25, -0.2) is 4.79 Å². The molecule has 1 fully saturated rings. The summed E-state index contributed by atoms with van der Waals surface area (Å²) in [6, 6.07) is 0. The largest absolute Gasteiger partial charge is 0.394 e. The quantitative estimate of drug-likeness (QED) is 0.634. The first-order chi connectivity index (χ1) is 8.93. The third-order valence-electron chi connectivity index (χ3n) is 3.09. The molecule has 0 spiro atoms. The molecule has 104 valence electrons. The number of nitrogens with one attached hydrogen (secondary N) is 1. The number of aromatic amines is 1. The molecule has 1 aliphatic heterocycles. The van der Waals surface area contributed by atoms with Crippen molar-refractivity contribution in [2.24, 2.45) is 0 Å². The SMILES string of the molecule is C=C[C@]1(n2cc(Br)c(=O)[nH]c2=O)C[C@H](O)[C@@H](CO)O1. The fourth-order valence-corrected chi connectivity index (χ4v) is 2.40. The highest BCUT2D eigenvalue weighted by atomic mass is 79.9. The van der Waals surface area contributed by atoms with E-state index in [-0.39, 0.29) is 17.5 Å². The van der Waals surface area contributed by atoms with E-state index in [1.54, 1.807) is 0 Å². The maximum absolute atomic E-state index is 11.9. The molecule has 0 bridgehead atoms. The van der Waals surface area contributed by atoms with Crippen LogP contribution in [0.4, 0.5) is 0 Å². The van der Waals surface area contributed by atoms with Crippen molar-refractivity contribution in [3.8, 4) is 0 Å². The minimum absolute atomic E-state index is 0.0557. The first kappa shape index (κ1) is 14.2. The predicted molar refractivity (Wildman–Crippen MR) is 69.8 cm³/mol. The molecule has 8 heteroatoms. The average molecular weight is 333 g/mol. The van der Waals surface area contributed by atoms with Gasteiger partial charge in [-0.1, -0.05) is 6.58 Å². The van der Waals surface area contributed by atoms with E-state index < -0.39 is 29.2 Å². The van der Waals surface area contributed by atoms with Gasteiger partial charge in [0.1, 0.15) is 6.10 Å². The number of hydrogen-bond acceptors (Lipinski definition) is 5. The number of hydrogen-bond donors (Lipinski definition) is 3. The molecule has 1 aromatic rings. The first-order valence-electron chi connectivity index (χ1n) is 5.56. The second kappa shape index (κ2) is 5.04. The van der Waals surface area contributed by atoms with Crippen molar-refractivity contribution in [1.82, 2.24) is 9.55 Å². The van der Waals surface area contributed by atoms with Crippen LogP contribution in [-0.4, -0.2) is 38.6 Å². The molecule has 0 saturated carbocycles. The fraction of sp³-hybridized carbons (Fsp3) is 0.455. The zero-order valence-electron chi connectivity index (χ0n) is 9.88. The van der Waals surface area contributed by atoms with E-state index >= 15 is 0 Å². The fourth-order valence-electron chi connectivity index (χ4n) is 2.09. The third kappa shape index (κ3) is 2.32. The van der Waals surface area contributed by atoms with Crippen molar-refractivity contribution in [3.63, 3.8) is 0 Å². The lowest BCUT2D eigenvalue weighted by Crippen LogP contribution is -2.43. The lowest BCUT2D eigenvalue weighted by molar-refractivity contribution is -0.0892. The van der Waals surface area contributed by atoms with Crippen molar-refractivity contribution in [2.75, 3.05) is 6.61 Å². The summed E-state index contributed by atoms with van der Waals surface area (Å²) in [5.41, 5.74) is -2.53. The Kier molecular flexibility index (Phi) is 3.77. The number of aromatic nitrogens is 2. The minimum atomic E-state index is -1.30. The van der Waals surface area contributed by atoms with Crippen LogP contribution in [0.1, 0.15) is 6.42 Å². The molecule has 1 saturated heterocycles. The van der Waals surface area contributed by atoms with Crippen molar-refractivity contribution in [1.29, 1.82) is 0 Å². The molecule has 3 N–H and O–H groups in total. The van der Waals surface area contributed by atoms with Crippen LogP contribution >= 0.6 is 15.9 Å². The summed E-state index contributed by atoms with van der Waals surface area (Å²) in [7, 11) is 0. The Bertz CT molecular complexity index is 610. The van der Waals surface area contributed by atoms with Crippen molar-refractivity contribution < 1.29 is 14.9 Å². The van der Waals surface area contributed by atoms with Crippen LogP contribution in [0.2, 0.25) is 0 Å². The van der Waals surface area contributed by atoms with Crippen molar-refractivity contribution in [3.05, 3.63) is 44.2 Å². The van der Waals surface area contributed by atoms with Crippen LogP contribution in [0.3, 0.4) is 0 Å². The number of ether oxygens (including phenoxy) is 1. The van der Waals surface area contributed by atoms with Crippen molar-refractivity contribution >= 4 is 15.9 Å². The van der Waals surface area contributed by atoms with E-state index in [9.17, 15) is 14.7 Å². The number of aliphatic hydroxyl groups excluding tert-OH is 2. The highest BCUT2D eigenvalue weighted by molar-refractivity contribution is 9.10. The van der Waals surface area contributed by atoms with Gasteiger partial charge < -0.3 is 14.9 Å². The molecule has 0 aromatic carbocycles. The summed E-state index contributed by atoms with van der Waals surface area (Å²) in [6.07, 6.45) is 0.948. The van der Waals surface area contributed by atoms with Gasteiger partial charge in [-0.2, -0.15) is 0 Å². The molecule has 2 rings (SSSR count). The second-order valence-electron chi connectivity index (χ2n) is 4.27. The van der Waals surface area contributed by atoms with Gasteiger partial charge in [0.05, 0.1) is 17.2 Å². The van der Waals surface area contributed by atoms with E-state index in [0.29, 0.717) is 0 Å². The molecule has 1 aromatic heterocycles. The Hall–Kier alpha value is -1.22. The standard InChI is InChI=1S/C11H13BrN2O5/c1-2-11(3-7(16)8(5-15)19-11)14-4-6(12)9(17)13-10(14)18/h2,4,7-8,15-16H,1,3,5H2,(H,13,17,18)/t7-,8+,11+/m0/s1. The molecule has 0 amide bonds. The van der Waals surface area contributed by atoms with Crippen LogP contribution in [-0.2, 0) is 10.5 Å². The van der Waals surface area contributed by atoms with Gasteiger partial charge in [-0.3, -0.25) is 14.3 Å². The Morgan fingerprint density at radius 1 is 1.68 bits per heavy atom. The van der Waals surface area contributed by atoms with Crippen molar-refractivity contribution in [2.45, 2.75) is 24.4 Å². The molecule has 0 unspecified atom stereocenters.